The van der Waals surface area contributed by atoms with Gasteiger partial charge in [0.1, 0.15) is 0 Å². The lowest BCUT2D eigenvalue weighted by Gasteiger charge is -2.34. The van der Waals surface area contributed by atoms with E-state index in [0.29, 0.717) is 0 Å². The largest absolute Gasteiger partial charge is 0.256 e. The first-order valence-corrected chi connectivity index (χ1v) is 13.7. The van der Waals surface area contributed by atoms with Gasteiger partial charge in [0.15, 0.2) is 0 Å². The van der Waals surface area contributed by atoms with Gasteiger partial charge in [-0.15, -0.1) is 0 Å². The van der Waals surface area contributed by atoms with Crippen LogP contribution < -0.4 is 0 Å². The van der Waals surface area contributed by atoms with Crippen LogP contribution >= 0.6 is 0 Å². The Morgan fingerprint density at radius 2 is 1.47 bits per heavy atom. The molecule has 1 nitrogen and oxygen atoms in total. The highest BCUT2D eigenvalue weighted by Crippen LogP contribution is 2.42. The van der Waals surface area contributed by atoms with Crippen molar-refractivity contribution >= 4 is 0 Å². The summed E-state index contributed by atoms with van der Waals surface area (Å²) in [7, 11) is 0. The zero-order valence-electron chi connectivity index (χ0n) is 20.9. The van der Waals surface area contributed by atoms with Crippen molar-refractivity contribution in [2.75, 3.05) is 0 Å². The summed E-state index contributed by atoms with van der Waals surface area (Å²) in [5, 5.41) is 0. The fourth-order valence-corrected chi connectivity index (χ4v) is 6.58. The van der Waals surface area contributed by atoms with E-state index in [1.54, 1.807) is 0 Å². The van der Waals surface area contributed by atoms with E-state index in [1.165, 1.54) is 93.7 Å². The highest BCUT2D eigenvalue weighted by atomic mass is 14.7. The van der Waals surface area contributed by atoms with Crippen LogP contribution in [-0.4, -0.2) is 4.98 Å². The Morgan fingerprint density at radius 3 is 2.09 bits per heavy atom. The number of hydrogen-bond donors (Lipinski definition) is 0. The molecule has 2 aliphatic carbocycles. The van der Waals surface area contributed by atoms with Gasteiger partial charge in [-0.2, -0.15) is 0 Å². The van der Waals surface area contributed by atoms with Crippen LogP contribution in [0.2, 0.25) is 0 Å². The van der Waals surface area contributed by atoms with Gasteiger partial charge in [-0.1, -0.05) is 83.2 Å². The molecule has 1 heteroatoms. The highest BCUT2D eigenvalue weighted by Gasteiger charge is 2.27. The maximum absolute atomic E-state index is 4.88. The first kappa shape index (κ1) is 23.5. The first-order chi connectivity index (χ1) is 15.7. The number of aromatic nitrogens is 1. The lowest BCUT2D eigenvalue weighted by atomic mass is 9.71. The summed E-state index contributed by atoms with van der Waals surface area (Å²) in [4.78, 5) is 4.88. The van der Waals surface area contributed by atoms with Crippen molar-refractivity contribution in [3.8, 4) is 11.3 Å². The van der Waals surface area contributed by atoms with E-state index in [1.807, 2.05) is 0 Å². The molecule has 32 heavy (non-hydrogen) atoms. The van der Waals surface area contributed by atoms with Crippen molar-refractivity contribution in [1.29, 1.82) is 0 Å². The van der Waals surface area contributed by atoms with Crippen LogP contribution in [0.25, 0.3) is 11.3 Å². The van der Waals surface area contributed by atoms with Crippen molar-refractivity contribution in [3.63, 3.8) is 0 Å². The van der Waals surface area contributed by atoms with Gasteiger partial charge in [-0.05, 0) is 91.7 Å². The first-order valence-electron chi connectivity index (χ1n) is 13.7. The number of unbranched alkanes of at least 4 members (excludes halogenated alkanes) is 1. The Balaban J connectivity index is 1.33. The molecule has 3 atom stereocenters. The Labute approximate surface area is 197 Å². The van der Waals surface area contributed by atoms with Gasteiger partial charge in [0, 0.05) is 11.8 Å². The second-order valence-corrected chi connectivity index (χ2v) is 11.0. The average molecular weight is 432 g/mol. The highest BCUT2D eigenvalue weighted by molar-refractivity contribution is 5.59. The Morgan fingerprint density at radius 1 is 0.750 bits per heavy atom. The van der Waals surface area contributed by atoms with Gasteiger partial charge in [-0.25, -0.2) is 0 Å². The van der Waals surface area contributed by atoms with Crippen LogP contribution in [0.5, 0.6) is 0 Å². The van der Waals surface area contributed by atoms with Crippen LogP contribution in [0.3, 0.4) is 0 Å². The molecule has 2 aliphatic rings. The molecule has 1 aromatic heterocycles. The molecule has 0 bridgehead atoms. The summed E-state index contributed by atoms with van der Waals surface area (Å²) < 4.78 is 0. The van der Waals surface area contributed by atoms with E-state index in [-0.39, 0.29) is 0 Å². The molecule has 4 rings (SSSR count). The maximum atomic E-state index is 4.88. The van der Waals surface area contributed by atoms with E-state index in [9.17, 15) is 0 Å². The van der Waals surface area contributed by atoms with Crippen LogP contribution in [0.4, 0.5) is 0 Å². The van der Waals surface area contributed by atoms with Crippen molar-refractivity contribution in [3.05, 3.63) is 53.7 Å². The van der Waals surface area contributed by atoms with Gasteiger partial charge in [0.25, 0.3) is 0 Å². The summed E-state index contributed by atoms with van der Waals surface area (Å²) >= 11 is 0. The minimum absolute atomic E-state index is 0.724. The summed E-state index contributed by atoms with van der Waals surface area (Å²) in [5.41, 5.74) is 5.37. The molecule has 0 radical (unpaired) electrons. The summed E-state index contributed by atoms with van der Waals surface area (Å²) in [6, 6.07) is 14.0. The van der Waals surface area contributed by atoms with Gasteiger partial charge >= 0.3 is 0 Å². The number of nitrogens with zero attached hydrogens (tertiary/aromatic N) is 1. The Kier molecular flexibility index (Phi) is 8.44. The maximum Gasteiger partial charge on any atom is 0.0702 e. The standard InChI is InChI=1S/C31H45N/c1-4-6-8-24-9-11-27(12-10-24)30-19-20-31(32-22-30)28-16-14-26(15-17-28)29-18-13-25(7-5-2)23(3)21-29/h14-17,19-20,22-25,27,29H,4-13,18,21H2,1-3H3. The average Bonchev–Trinajstić information content (AvgIpc) is 2.85. The van der Waals surface area contributed by atoms with E-state index in [2.05, 4.69) is 63.4 Å². The van der Waals surface area contributed by atoms with E-state index < -0.39 is 0 Å². The van der Waals surface area contributed by atoms with Crippen LogP contribution in [0.15, 0.2) is 42.6 Å². The van der Waals surface area contributed by atoms with Crippen LogP contribution in [0, 0.1) is 17.8 Å². The van der Waals surface area contributed by atoms with Gasteiger partial charge in [0.05, 0.1) is 5.69 Å². The molecule has 0 saturated heterocycles. The quantitative estimate of drug-likeness (QED) is 0.405. The van der Waals surface area contributed by atoms with Crippen molar-refractivity contribution in [1.82, 2.24) is 4.98 Å². The van der Waals surface area contributed by atoms with Gasteiger partial charge in [-0.3, -0.25) is 4.98 Å². The zero-order chi connectivity index (χ0) is 22.3. The zero-order valence-corrected chi connectivity index (χ0v) is 20.9. The molecule has 0 N–H and O–H groups in total. The third-order valence-corrected chi connectivity index (χ3v) is 8.75. The van der Waals surface area contributed by atoms with Gasteiger partial charge in [0.2, 0.25) is 0 Å². The third kappa shape index (κ3) is 5.83. The molecular formula is C31H45N. The fraction of sp³-hybridized carbons (Fsp3) is 0.645. The van der Waals surface area contributed by atoms with Crippen molar-refractivity contribution < 1.29 is 0 Å². The summed E-state index contributed by atoms with van der Waals surface area (Å²) in [5.74, 6) is 4.26. The smallest absolute Gasteiger partial charge is 0.0702 e. The molecule has 3 unspecified atom stereocenters. The predicted molar refractivity (Wildman–Crippen MR) is 138 cm³/mol. The van der Waals surface area contributed by atoms with E-state index >= 15 is 0 Å². The molecule has 2 saturated carbocycles. The topological polar surface area (TPSA) is 12.9 Å². The minimum atomic E-state index is 0.724. The SMILES string of the molecule is CCCCC1CCC(c2ccc(-c3ccc(C4CCC(CCC)C(C)C4)cc3)nc2)CC1. The Hall–Kier alpha value is -1.63. The molecule has 2 fully saturated rings. The van der Waals surface area contributed by atoms with Crippen molar-refractivity contribution in [2.24, 2.45) is 17.8 Å². The Bertz CT molecular complexity index is 797. The second-order valence-electron chi connectivity index (χ2n) is 11.0. The third-order valence-electron chi connectivity index (χ3n) is 8.75. The summed E-state index contributed by atoms with van der Waals surface area (Å²) in [6.45, 7) is 7.12. The molecule has 2 aromatic rings. The summed E-state index contributed by atoms with van der Waals surface area (Å²) in [6.07, 6.45) is 18.7. The van der Waals surface area contributed by atoms with Crippen LogP contribution in [-0.2, 0) is 0 Å². The molecule has 1 aromatic carbocycles. The molecule has 174 valence electrons. The fourth-order valence-electron chi connectivity index (χ4n) is 6.58. The number of benzene rings is 1. The molecule has 1 heterocycles. The van der Waals surface area contributed by atoms with Crippen molar-refractivity contribution in [2.45, 2.75) is 110 Å². The molecule has 0 amide bonds. The second kappa shape index (κ2) is 11.5. The number of rotatable bonds is 8. The predicted octanol–water partition coefficient (Wildman–Crippen LogP) is 9.53. The minimum Gasteiger partial charge on any atom is -0.256 e. The van der Waals surface area contributed by atoms with E-state index in [4.69, 9.17) is 4.98 Å². The normalized spacial score (nSPS) is 28.5. The van der Waals surface area contributed by atoms with Crippen LogP contribution in [0.1, 0.15) is 121 Å². The molecule has 0 aliphatic heterocycles. The monoisotopic (exact) mass is 431 g/mol. The molecular weight excluding hydrogens is 386 g/mol. The number of pyridine rings is 1. The lowest BCUT2D eigenvalue weighted by Crippen LogP contribution is -2.21. The lowest BCUT2D eigenvalue weighted by molar-refractivity contribution is 0.218. The van der Waals surface area contributed by atoms with E-state index in [0.717, 1.165) is 35.3 Å². The number of hydrogen-bond acceptors (Lipinski definition) is 1. The molecule has 0 spiro atoms. The van der Waals surface area contributed by atoms with Gasteiger partial charge < -0.3 is 0 Å².